The third kappa shape index (κ3) is 11.9. The molecule has 6 amide bonds. The van der Waals surface area contributed by atoms with Gasteiger partial charge in [0.25, 0.3) is 5.56 Å². The Kier molecular flexibility index (Phi) is 16.3. The number of halogens is 1. The molecule has 7 rings (SSSR count). The second-order valence-electron chi connectivity index (χ2n) is 19.8. The number of nitrogens with two attached hydrogens (primary N) is 1. The van der Waals surface area contributed by atoms with E-state index in [1.165, 1.54) is 17.7 Å². The van der Waals surface area contributed by atoms with Crippen LogP contribution in [0.5, 0.6) is 0 Å². The van der Waals surface area contributed by atoms with Gasteiger partial charge in [0.2, 0.25) is 35.4 Å². The van der Waals surface area contributed by atoms with Gasteiger partial charge in [-0.25, -0.2) is 14.2 Å². The summed E-state index contributed by atoms with van der Waals surface area (Å²) in [6.45, 7) is 6.66. The van der Waals surface area contributed by atoms with Crippen molar-refractivity contribution >= 4 is 58.3 Å². The lowest BCUT2D eigenvalue weighted by Gasteiger charge is -2.31. The molecule has 0 unspecified atom stereocenters. The number of fused-ring (bicyclic) bond motifs is 5. The molecule has 8 N–H and O–H groups in total. The van der Waals surface area contributed by atoms with Crippen molar-refractivity contribution in [2.24, 2.45) is 5.73 Å². The second kappa shape index (κ2) is 22.3. The van der Waals surface area contributed by atoms with Crippen LogP contribution in [0.15, 0.2) is 47.3 Å². The summed E-state index contributed by atoms with van der Waals surface area (Å²) in [5, 5.41) is 25.3. The van der Waals surface area contributed by atoms with Crippen molar-refractivity contribution in [2.75, 3.05) is 33.2 Å². The number of hydrogen-bond donors (Lipinski definition) is 7. The number of nitrogens with zero attached hydrogens (tertiary/aromatic N) is 3. The summed E-state index contributed by atoms with van der Waals surface area (Å²) in [5.41, 5.74) is 7.23. The number of benzene rings is 2. The molecular weight excluding hydrogens is 962 g/mol. The van der Waals surface area contributed by atoms with E-state index in [-0.39, 0.29) is 62.4 Å². The molecule has 4 heterocycles. The first-order valence-electron chi connectivity index (χ1n) is 24.5. The van der Waals surface area contributed by atoms with E-state index in [2.05, 4.69) is 26.6 Å². The van der Waals surface area contributed by atoms with Gasteiger partial charge in [-0.1, -0.05) is 37.3 Å². The molecule has 4 aromatic rings. The molecule has 0 saturated carbocycles. The van der Waals surface area contributed by atoms with Gasteiger partial charge in [-0.3, -0.25) is 38.4 Å². The minimum Gasteiger partial charge on any atom is -0.460 e. The highest BCUT2D eigenvalue weighted by Gasteiger charge is 2.46. The number of carbonyl (C=O) groups is 8. The fourth-order valence-corrected chi connectivity index (χ4v) is 9.56. The fraction of sp³-hybridized carbons (Fsp3) is 0.462. The van der Waals surface area contributed by atoms with E-state index in [0.717, 1.165) is 10.5 Å². The maximum atomic E-state index is 15.4. The number of ether oxygens (including phenoxy) is 2. The van der Waals surface area contributed by atoms with Crippen LogP contribution < -0.4 is 37.9 Å². The highest BCUT2D eigenvalue weighted by Crippen LogP contribution is 2.46. The number of cyclic esters (lactones) is 1. The van der Waals surface area contributed by atoms with Crippen molar-refractivity contribution in [3.8, 4) is 11.4 Å². The number of aromatic nitrogens is 2. The Morgan fingerprint density at radius 2 is 1.70 bits per heavy atom. The number of pyridine rings is 2. The summed E-state index contributed by atoms with van der Waals surface area (Å²) in [4.78, 5) is 123. The van der Waals surface area contributed by atoms with Crippen LogP contribution >= 0.6 is 0 Å². The number of amides is 6. The Morgan fingerprint density at radius 1 is 0.986 bits per heavy atom. The normalized spacial score (nSPS) is 17.1. The number of likely N-dealkylation sites (N-methyl/N-ethyl adjacent to an activating group) is 1. The van der Waals surface area contributed by atoms with Gasteiger partial charge in [-0.15, -0.1) is 0 Å². The number of nitrogens with one attached hydrogen (secondary N) is 5. The summed E-state index contributed by atoms with van der Waals surface area (Å²) < 4.78 is 27.3. The minimum absolute atomic E-state index is 0.000837. The maximum absolute atomic E-state index is 15.4. The predicted octanol–water partition coefficient (Wildman–Crippen LogP) is 1.00. The zero-order chi connectivity index (χ0) is 53.8. The lowest BCUT2D eigenvalue weighted by atomic mass is 9.81. The van der Waals surface area contributed by atoms with Gasteiger partial charge in [-0.2, -0.15) is 0 Å². The van der Waals surface area contributed by atoms with E-state index < -0.39 is 108 Å². The van der Waals surface area contributed by atoms with Gasteiger partial charge in [0.15, 0.2) is 5.60 Å². The summed E-state index contributed by atoms with van der Waals surface area (Å²) in [6.07, 6.45) is 0.678. The monoisotopic (exact) mass is 1020 g/mol. The predicted molar refractivity (Wildman–Crippen MR) is 265 cm³/mol. The first-order valence-corrected chi connectivity index (χ1v) is 24.5. The molecule has 0 fully saturated rings. The number of aliphatic hydroxyl groups is 1. The van der Waals surface area contributed by atoms with Gasteiger partial charge in [0.05, 0.1) is 67.2 Å². The molecule has 4 atom stereocenters. The molecule has 3 aliphatic rings. The van der Waals surface area contributed by atoms with Crippen LogP contribution in [-0.2, 0) is 79.4 Å². The summed E-state index contributed by atoms with van der Waals surface area (Å²) >= 11 is 0. The molecule has 22 heteroatoms. The highest BCUT2D eigenvalue weighted by molar-refractivity contribution is 5.95. The lowest BCUT2D eigenvalue weighted by Crippen LogP contribution is -2.52. The zero-order valence-corrected chi connectivity index (χ0v) is 42.2. The van der Waals surface area contributed by atoms with Crippen molar-refractivity contribution in [2.45, 2.75) is 122 Å². The summed E-state index contributed by atoms with van der Waals surface area (Å²) in [6, 6.07) is 8.72. The largest absolute Gasteiger partial charge is 0.460 e. The van der Waals surface area contributed by atoms with Crippen LogP contribution in [-0.4, -0.2) is 118 Å². The number of rotatable bonds is 19. The van der Waals surface area contributed by atoms with Crippen LogP contribution in [0.25, 0.3) is 22.3 Å². The Morgan fingerprint density at radius 3 is 2.41 bits per heavy atom. The SMILES string of the molecule is CC[C@@]1(O)C(=O)OCc2c1cc1n(c2=O)Cc2c-1nc1cc(F)c(C)c3c1c2[C@@H](NC(=O)CCCNC(=O)CNC(=O)[C@H](Cc1ccccc1)NC(=O)CNC(=O)CN(C)C(=O)[C@@H](N)CC(=O)OC(C)(C)C)CC3. The molecule has 21 nitrogen and oxygen atoms in total. The van der Waals surface area contributed by atoms with Crippen molar-refractivity contribution in [3.63, 3.8) is 0 Å². The summed E-state index contributed by atoms with van der Waals surface area (Å²) in [7, 11) is 1.31. The fourth-order valence-electron chi connectivity index (χ4n) is 9.56. The molecule has 2 aromatic carbocycles. The molecule has 0 spiro atoms. The first kappa shape index (κ1) is 54.2. The van der Waals surface area contributed by atoms with Gasteiger partial charge < -0.3 is 56.4 Å². The molecule has 74 heavy (non-hydrogen) atoms. The smallest absolute Gasteiger partial charge is 0.343 e. The minimum atomic E-state index is -2.04. The number of hydrogen-bond acceptors (Lipinski definition) is 14. The van der Waals surface area contributed by atoms with Crippen molar-refractivity contribution in [3.05, 3.63) is 97.6 Å². The Balaban J connectivity index is 0.920. The van der Waals surface area contributed by atoms with Gasteiger partial charge in [0.1, 0.15) is 24.1 Å². The van der Waals surface area contributed by atoms with E-state index in [4.69, 9.17) is 20.2 Å². The molecule has 2 aromatic heterocycles. The van der Waals surface area contributed by atoms with Gasteiger partial charge in [-0.05, 0) is 81.7 Å². The standard InChI is InChI=1S/C52H62FN9O12/c1-7-52(72)32-19-38-46-30(24-62(38)48(69)31(32)26-73-50(52)71)45-35(16-15-29-27(2)33(53)20-36(60-46)44(29)45)58-39(63)14-11-17-55-40(64)22-57-47(68)37(18-28-12-9-8-10-13-28)59-41(65)23-56-42(66)25-61(6)49(70)34(54)21-43(67)74-51(3,4)5/h8-10,12-13,19-20,34-35,37,72H,7,11,14-18,21-26,54H2,1-6H3,(H,55,64)(H,56,66)(H,57,68)(H,58,63)(H,59,65)/t34-,35-,37-,52-/m0/s1. The number of aryl methyl sites for hydroxylation is 1. The Bertz CT molecular complexity index is 2990. The number of carbonyl (C=O) groups excluding carboxylic acids is 8. The Hall–Kier alpha value is -7.59. The number of esters is 2. The Labute approximate surface area is 425 Å². The third-order valence-corrected chi connectivity index (χ3v) is 13.3. The molecule has 0 saturated heterocycles. The zero-order valence-electron chi connectivity index (χ0n) is 42.2. The topological polar surface area (TPSA) is 300 Å². The quantitative estimate of drug-likeness (QED) is 0.0449. The van der Waals surface area contributed by atoms with E-state index in [1.807, 2.05) is 0 Å². The maximum Gasteiger partial charge on any atom is 0.343 e. The van der Waals surface area contributed by atoms with Crippen LogP contribution in [0, 0.1) is 12.7 Å². The van der Waals surface area contributed by atoms with E-state index >= 15 is 4.39 Å². The molecule has 0 bridgehead atoms. The van der Waals surface area contributed by atoms with Gasteiger partial charge >= 0.3 is 11.9 Å². The molecule has 1 aliphatic carbocycles. The highest BCUT2D eigenvalue weighted by atomic mass is 19.1. The van der Waals surface area contributed by atoms with Crippen molar-refractivity contribution < 1.29 is 57.3 Å². The second-order valence-corrected chi connectivity index (χ2v) is 19.8. The van der Waals surface area contributed by atoms with Gasteiger partial charge in [0, 0.05) is 49.0 Å². The van der Waals surface area contributed by atoms with E-state index in [9.17, 15) is 48.3 Å². The molecule has 2 aliphatic heterocycles. The molecular formula is C52H62FN9O12. The molecule has 0 radical (unpaired) electrons. The first-order chi connectivity index (χ1) is 35.0. The lowest BCUT2D eigenvalue weighted by molar-refractivity contribution is -0.172. The van der Waals surface area contributed by atoms with E-state index in [1.54, 1.807) is 71.0 Å². The van der Waals surface area contributed by atoms with Crippen LogP contribution in [0.1, 0.15) is 105 Å². The van der Waals surface area contributed by atoms with Crippen LogP contribution in [0.4, 0.5) is 4.39 Å². The van der Waals surface area contributed by atoms with Crippen molar-refractivity contribution in [1.29, 1.82) is 0 Å². The van der Waals surface area contributed by atoms with Crippen LogP contribution in [0.3, 0.4) is 0 Å². The van der Waals surface area contributed by atoms with Crippen LogP contribution in [0.2, 0.25) is 0 Å². The third-order valence-electron chi connectivity index (χ3n) is 13.3. The average Bonchev–Trinajstić information content (AvgIpc) is 3.72. The average molecular weight is 1020 g/mol. The summed E-state index contributed by atoms with van der Waals surface area (Å²) in [5.74, 6) is -5.70. The van der Waals surface area contributed by atoms with E-state index in [0.29, 0.717) is 57.4 Å². The van der Waals surface area contributed by atoms with Crippen molar-refractivity contribution in [1.82, 2.24) is 41.0 Å². The molecule has 394 valence electrons.